The van der Waals surface area contributed by atoms with E-state index in [-0.39, 0.29) is 30.7 Å². The number of fused-ring (bicyclic) bond motifs is 2. The summed E-state index contributed by atoms with van der Waals surface area (Å²) in [6.07, 6.45) is 3.19. The van der Waals surface area contributed by atoms with E-state index in [1.807, 2.05) is 0 Å². The summed E-state index contributed by atoms with van der Waals surface area (Å²) in [6.45, 7) is 1.97. The Balaban J connectivity index is 1.50. The molecule has 3 heterocycles. The smallest absolute Gasteiger partial charge is 0.272 e. The maximum Gasteiger partial charge on any atom is 0.272 e. The highest BCUT2D eigenvalue weighted by Crippen LogP contribution is 2.28. The van der Waals surface area contributed by atoms with Crippen molar-refractivity contribution < 1.29 is 19.1 Å². The van der Waals surface area contributed by atoms with Gasteiger partial charge in [0.25, 0.3) is 11.8 Å². The minimum absolute atomic E-state index is 0.0103. The van der Waals surface area contributed by atoms with Gasteiger partial charge in [0.15, 0.2) is 12.3 Å². The predicted octanol–water partition coefficient (Wildman–Crippen LogP) is 1.57. The Kier molecular flexibility index (Phi) is 4.82. The maximum absolute atomic E-state index is 12.7. The molecule has 148 valence electrons. The van der Waals surface area contributed by atoms with Crippen LogP contribution < -0.4 is 20.7 Å². The lowest BCUT2D eigenvalue weighted by molar-refractivity contribution is -0.118. The highest BCUT2D eigenvalue weighted by Gasteiger charge is 2.18. The van der Waals surface area contributed by atoms with Crippen LogP contribution in [0.25, 0.3) is 11.0 Å². The minimum atomic E-state index is -0.398. The predicted molar refractivity (Wildman–Crippen MR) is 105 cm³/mol. The first-order chi connectivity index (χ1) is 14.0. The zero-order chi connectivity index (χ0) is 20.4. The van der Waals surface area contributed by atoms with Crippen molar-refractivity contribution in [3.8, 4) is 5.75 Å². The quantitative estimate of drug-likeness (QED) is 0.518. The molecule has 1 aliphatic heterocycles. The first-order valence-electron chi connectivity index (χ1n) is 9.01. The molecule has 29 heavy (non-hydrogen) atoms. The Morgan fingerprint density at radius 1 is 1.28 bits per heavy atom. The van der Waals surface area contributed by atoms with Crippen molar-refractivity contribution in [2.45, 2.75) is 19.9 Å². The van der Waals surface area contributed by atoms with E-state index in [0.717, 1.165) is 5.56 Å². The molecule has 4 rings (SSSR count). The fraction of sp³-hybridized carbons (Fsp3) is 0.211. The molecule has 4 N–H and O–H groups in total. The summed E-state index contributed by atoms with van der Waals surface area (Å²) in [5.41, 5.74) is 2.91. The molecule has 2 aromatic heterocycles. The van der Waals surface area contributed by atoms with Crippen LogP contribution in [0.4, 0.5) is 11.4 Å². The maximum atomic E-state index is 12.7. The van der Waals surface area contributed by atoms with Gasteiger partial charge in [0.1, 0.15) is 17.6 Å². The van der Waals surface area contributed by atoms with Crippen molar-refractivity contribution in [2.24, 2.45) is 0 Å². The number of hydrogen-bond donors (Lipinski definition) is 4. The van der Waals surface area contributed by atoms with Crippen LogP contribution in [0.3, 0.4) is 0 Å². The summed E-state index contributed by atoms with van der Waals surface area (Å²) in [6, 6.07) is 5.29. The van der Waals surface area contributed by atoms with Gasteiger partial charge < -0.3 is 25.7 Å². The number of carbonyl (C=O) groups excluding carboxylic acids is 3. The highest BCUT2D eigenvalue weighted by molar-refractivity contribution is 6.07. The molecular weight excluding hydrogens is 376 g/mol. The summed E-state index contributed by atoms with van der Waals surface area (Å²) >= 11 is 0. The number of H-pyrrole nitrogens is 1. The lowest BCUT2D eigenvalue weighted by Crippen LogP contribution is -2.26. The van der Waals surface area contributed by atoms with E-state index in [0.29, 0.717) is 34.6 Å². The van der Waals surface area contributed by atoms with Gasteiger partial charge in [-0.1, -0.05) is 13.0 Å². The molecule has 0 bridgehead atoms. The molecule has 10 nitrogen and oxygen atoms in total. The number of rotatable bonds is 5. The molecule has 0 atom stereocenters. The second kappa shape index (κ2) is 7.58. The van der Waals surface area contributed by atoms with Crippen LogP contribution in [0, 0.1) is 0 Å². The molecule has 0 spiro atoms. The van der Waals surface area contributed by atoms with Gasteiger partial charge in [0.05, 0.1) is 16.9 Å². The van der Waals surface area contributed by atoms with Crippen LogP contribution in [0.5, 0.6) is 5.75 Å². The number of carbonyl (C=O) groups is 3. The molecule has 0 saturated heterocycles. The van der Waals surface area contributed by atoms with E-state index in [4.69, 9.17) is 4.74 Å². The van der Waals surface area contributed by atoms with Gasteiger partial charge in [0.2, 0.25) is 5.91 Å². The largest absolute Gasteiger partial charge is 0.482 e. The van der Waals surface area contributed by atoms with E-state index in [1.54, 1.807) is 31.3 Å². The second-order valence-corrected chi connectivity index (χ2v) is 6.40. The number of anilines is 2. The zero-order valence-corrected chi connectivity index (χ0v) is 15.5. The Hall–Kier alpha value is -3.95. The first-order valence-corrected chi connectivity index (χ1v) is 9.01. The van der Waals surface area contributed by atoms with Crippen LogP contribution in [-0.2, 0) is 16.1 Å². The Morgan fingerprint density at radius 3 is 2.97 bits per heavy atom. The van der Waals surface area contributed by atoms with Gasteiger partial charge in [-0.15, -0.1) is 0 Å². The van der Waals surface area contributed by atoms with Crippen molar-refractivity contribution in [1.29, 1.82) is 0 Å². The van der Waals surface area contributed by atoms with Crippen molar-refractivity contribution >= 4 is 40.1 Å². The second-order valence-electron chi connectivity index (χ2n) is 6.40. The number of nitrogens with one attached hydrogen (secondary N) is 4. The van der Waals surface area contributed by atoms with Crippen LogP contribution in [0.15, 0.2) is 30.7 Å². The molecular formula is C19H18N6O4. The monoisotopic (exact) mass is 394 g/mol. The molecule has 0 radical (unpaired) electrons. The normalized spacial score (nSPS) is 12.7. The molecule has 3 amide bonds. The van der Waals surface area contributed by atoms with Gasteiger partial charge in [-0.25, -0.2) is 9.97 Å². The first kappa shape index (κ1) is 18.4. The SMILES string of the molecule is CCC(=O)Nc1c[nH]c2c(C(=O)NCc3ccc4c(c3)NC(=O)CO4)ncnc12. The summed E-state index contributed by atoms with van der Waals surface area (Å²) in [4.78, 5) is 46.9. The van der Waals surface area contributed by atoms with Gasteiger partial charge in [0, 0.05) is 19.2 Å². The highest BCUT2D eigenvalue weighted by atomic mass is 16.5. The third-order valence-electron chi connectivity index (χ3n) is 4.40. The number of ether oxygens (including phenoxy) is 1. The van der Waals surface area contributed by atoms with Gasteiger partial charge in [-0.2, -0.15) is 0 Å². The zero-order valence-electron chi connectivity index (χ0n) is 15.5. The molecule has 1 aliphatic rings. The number of aromatic amines is 1. The Labute approximate surface area is 165 Å². The molecule has 0 fully saturated rings. The van der Waals surface area contributed by atoms with Crippen molar-refractivity contribution in [3.05, 3.63) is 42.0 Å². The van der Waals surface area contributed by atoms with E-state index in [9.17, 15) is 14.4 Å². The summed E-state index contributed by atoms with van der Waals surface area (Å²) < 4.78 is 5.32. The molecule has 10 heteroatoms. The lowest BCUT2D eigenvalue weighted by Gasteiger charge is -2.18. The van der Waals surface area contributed by atoms with Crippen molar-refractivity contribution in [3.63, 3.8) is 0 Å². The van der Waals surface area contributed by atoms with Crippen LogP contribution >= 0.6 is 0 Å². The number of nitrogens with zero attached hydrogens (tertiary/aromatic N) is 2. The van der Waals surface area contributed by atoms with Crippen LogP contribution in [0.2, 0.25) is 0 Å². The number of amides is 3. The van der Waals surface area contributed by atoms with E-state index < -0.39 is 5.91 Å². The van der Waals surface area contributed by atoms with Gasteiger partial charge >= 0.3 is 0 Å². The van der Waals surface area contributed by atoms with Gasteiger partial charge in [-0.05, 0) is 17.7 Å². The van der Waals surface area contributed by atoms with Crippen LogP contribution in [0.1, 0.15) is 29.4 Å². The fourth-order valence-corrected chi connectivity index (χ4v) is 2.95. The molecule has 0 unspecified atom stereocenters. The standard InChI is InChI=1S/C19H18N6O4/c1-2-14(26)25-12-7-20-17-16(12)22-9-23-18(17)19(28)21-6-10-3-4-13-11(5-10)24-15(27)8-29-13/h3-5,7,9,20H,2,6,8H2,1H3,(H,21,28)(H,24,27)(H,25,26). The van der Waals surface area contributed by atoms with E-state index in [2.05, 4.69) is 30.9 Å². The van der Waals surface area contributed by atoms with E-state index in [1.165, 1.54) is 6.33 Å². The molecule has 0 aliphatic carbocycles. The molecule has 0 saturated carbocycles. The van der Waals surface area contributed by atoms with Gasteiger partial charge in [-0.3, -0.25) is 14.4 Å². The average Bonchev–Trinajstić information content (AvgIpc) is 3.14. The minimum Gasteiger partial charge on any atom is -0.482 e. The number of hydrogen-bond acceptors (Lipinski definition) is 6. The average molecular weight is 394 g/mol. The van der Waals surface area contributed by atoms with Crippen LogP contribution in [-0.4, -0.2) is 39.3 Å². The van der Waals surface area contributed by atoms with Crippen molar-refractivity contribution in [2.75, 3.05) is 17.2 Å². The fourth-order valence-electron chi connectivity index (χ4n) is 2.95. The topological polar surface area (TPSA) is 138 Å². The lowest BCUT2D eigenvalue weighted by atomic mass is 10.1. The number of aromatic nitrogens is 3. The summed E-state index contributed by atoms with van der Waals surface area (Å²) in [7, 11) is 0. The Morgan fingerprint density at radius 2 is 2.14 bits per heavy atom. The Bertz CT molecular complexity index is 1120. The number of benzene rings is 1. The van der Waals surface area contributed by atoms with E-state index >= 15 is 0 Å². The third-order valence-corrected chi connectivity index (χ3v) is 4.40. The van der Waals surface area contributed by atoms with Crippen molar-refractivity contribution in [1.82, 2.24) is 20.3 Å². The molecule has 1 aromatic carbocycles. The summed E-state index contributed by atoms with van der Waals surface area (Å²) in [5, 5.41) is 8.26. The third kappa shape index (κ3) is 3.72. The molecule has 3 aromatic rings. The summed E-state index contributed by atoms with van der Waals surface area (Å²) in [5.74, 6) is -0.186.